The standard InChI is InChI=1S/C9H12IN3O.ClH/c10-6-3-8(12-4-6)9(14)13-2-1-7(11)5-13;/h3-4,7,12H,1-2,5,11H2;1H/t7-;/m1./s1. The van der Waals surface area contributed by atoms with Crippen LogP contribution in [0.1, 0.15) is 16.9 Å². The summed E-state index contributed by atoms with van der Waals surface area (Å²) < 4.78 is 1.05. The van der Waals surface area contributed by atoms with E-state index in [4.69, 9.17) is 5.73 Å². The molecule has 1 fully saturated rings. The number of carbonyl (C=O) groups excluding carboxylic acids is 1. The van der Waals surface area contributed by atoms with E-state index in [1.54, 1.807) is 4.90 Å². The van der Waals surface area contributed by atoms with Crippen LogP contribution in [0.5, 0.6) is 0 Å². The summed E-state index contributed by atoms with van der Waals surface area (Å²) in [4.78, 5) is 16.6. The van der Waals surface area contributed by atoms with Gasteiger partial charge in [-0.1, -0.05) is 0 Å². The zero-order valence-corrected chi connectivity index (χ0v) is 11.0. The lowest BCUT2D eigenvalue weighted by Crippen LogP contribution is -2.32. The number of amides is 1. The van der Waals surface area contributed by atoms with E-state index in [0.717, 1.165) is 16.5 Å². The van der Waals surface area contributed by atoms with Gasteiger partial charge >= 0.3 is 0 Å². The Bertz CT molecular complexity index is 355. The molecule has 15 heavy (non-hydrogen) atoms. The first kappa shape index (κ1) is 12.8. The number of aromatic amines is 1. The van der Waals surface area contributed by atoms with Gasteiger partial charge in [0.25, 0.3) is 5.91 Å². The lowest BCUT2D eigenvalue weighted by atomic mass is 10.3. The smallest absolute Gasteiger partial charge is 0.270 e. The quantitative estimate of drug-likeness (QED) is 0.754. The van der Waals surface area contributed by atoms with Gasteiger partial charge in [-0.05, 0) is 35.1 Å². The van der Waals surface area contributed by atoms with E-state index in [2.05, 4.69) is 27.6 Å². The average Bonchev–Trinajstić information content (AvgIpc) is 2.73. The molecule has 2 heterocycles. The molecule has 1 aliphatic rings. The molecule has 1 aromatic heterocycles. The van der Waals surface area contributed by atoms with Crippen molar-refractivity contribution < 1.29 is 4.79 Å². The molecule has 0 aliphatic carbocycles. The molecule has 1 saturated heterocycles. The van der Waals surface area contributed by atoms with Crippen LogP contribution in [0.15, 0.2) is 12.3 Å². The molecule has 6 heteroatoms. The Morgan fingerprint density at radius 2 is 2.40 bits per heavy atom. The van der Waals surface area contributed by atoms with Gasteiger partial charge in [-0.3, -0.25) is 4.79 Å². The number of likely N-dealkylation sites (tertiary alicyclic amines) is 1. The van der Waals surface area contributed by atoms with Gasteiger partial charge in [0, 0.05) is 28.9 Å². The maximum Gasteiger partial charge on any atom is 0.270 e. The van der Waals surface area contributed by atoms with Crippen LogP contribution in [0.4, 0.5) is 0 Å². The van der Waals surface area contributed by atoms with E-state index >= 15 is 0 Å². The minimum absolute atomic E-state index is 0. The maximum atomic E-state index is 11.8. The van der Waals surface area contributed by atoms with Crippen molar-refractivity contribution >= 4 is 40.9 Å². The molecule has 1 aromatic rings. The summed E-state index contributed by atoms with van der Waals surface area (Å²) in [6.07, 6.45) is 2.73. The van der Waals surface area contributed by atoms with Gasteiger partial charge in [0.2, 0.25) is 0 Å². The lowest BCUT2D eigenvalue weighted by molar-refractivity contribution is 0.0786. The third-order valence-electron chi connectivity index (χ3n) is 2.39. The van der Waals surface area contributed by atoms with Crippen molar-refractivity contribution in [3.8, 4) is 0 Å². The van der Waals surface area contributed by atoms with Gasteiger partial charge in [0.15, 0.2) is 0 Å². The number of hydrogen-bond acceptors (Lipinski definition) is 2. The van der Waals surface area contributed by atoms with Gasteiger partial charge < -0.3 is 15.6 Å². The molecule has 4 nitrogen and oxygen atoms in total. The first-order valence-electron chi connectivity index (χ1n) is 4.55. The fraction of sp³-hybridized carbons (Fsp3) is 0.444. The molecule has 0 spiro atoms. The molecule has 0 aromatic carbocycles. The Morgan fingerprint density at radius 3 is 2.87 bits per heavy atom. The molecular formula is C9H13ClIN3O. The predicted octanol–water partition coefficient (Wildman–Crippen LogP) is 1.21. The van der Waals surface area contributed by atoms with Crippen molar-refractivity contribution in [2.75, 3.05) is 13.1 Å². The third kappa shape index (κ3) is 2.85. The molecule has 2 rings (SSSR count). The maximum absolute atomic E-state index is 11.8. The second-order valence-electron chi connectivity index (χ2n) is 3.53. The molecule has 3 N–H and O–H groups in total. The summed E-state index contributed by atoms with van der Waals surface area (Å²) in [5.74, 6) is 0.0564. The molecule has 0 unspecified atom stereocenters. The van der Waals surface area contributed by atoms with Crippen molar-refractivity contribution in [3.63, 3.8) is 0 Å². The number of carbonyl (C=O) groups is 1. The highest BCUT2D eigenvalue weighted by Crippen LogP contribution is 2.13. The van der Waals surface area contributed by atoms with E-state index in [1.807, 2.05) is 12.3 Å². The van der Waals surface area contributed by atoms with E-state index in [1.165, 1.54) is 0 Å². The highest BCUT2D eigenvalue weighted by atomic mass is 127. The van der Waals surface area contributed by atoms with Crippen LogP contribution in [0.3, 0.4) is 0 Å². The normalized spacial score (nSPS) is 20.1. The number of aromatic nitrogens is 1. The van der Waals surface area contributed by atoms with E-state index in [0.29, 0.717) is 12.2 Å². The lowest BCUT2D eigenvalue weighted by Gasteiger charge is -2.14. The number of rotatable bonds is 1. The summed E-state index contributed by atoms with van der Waals surface area (Å²) in [6, 6.07) is 2.00. The summed E-state index contributed by atoms with van der Waals surface area (Å²) >= 11 is 2.17. The minimum Gasteiger partial charge on any atom is -0.356 e. The monoisotopic (exact) mass is 341 g/mol. The van der Waals surface area contributed by atoms with Gasteiger partial charge in [-0.15, -0.1) is 12.4 Å². The van der Waals surface area contributed by atoms with Crippen molar-refractivity contribution in [2.24, 2.45) is 5.73 Å². The van der Waals surface area contributed by atoms with Crippen LogP contribution in [-0.2, 0) is 0 Å². The van der Waals surface area contributed by atoms with Crippen molar-refractivity contribution in [1.29, 1.82) is 0 Å². The Balaban J connectivity index is 0.00000112. The Labute approximate surface area is 108 Å². The van der Waals surface area contributed by atoms with Crippen molar-refractivity contribution in [3.05, 3.63) is 21.5 Å². The van der Waals surface area contributed by atoms with E-state index < -0.39 is 0 Å². The predicted molar refractivity (Wildman–Crippen MR) is 69.3 cm³/mol. The average molecular weight is 342 g/mol. The van der Waals surface area contributed by atoms with Gasteiger partial charge in [0.1, 0.15) is 5.69 Å². The summed E-state index contributed by atoms with van der Waals surface area (Å²) in [5, 5.41) is 0. The number of nitrogens with two attached hydrogens (primary N) is 1. The fourth-order valence-corrected chi connectivity index (χ4v) is 2.10. The number of nitrogens with one attached hydrogen (secondary N) is 1. The van der Waals surface area contributed by atoms with E-state index in [9.17, 15) is 4.79 Å². The zero-order chi connectivity index (χ0) is 10.1. The Kier molecular flexibility index (Phi) is 4.42. The van der Waals surface area contributed by atoms with Crippen LogP contribution in [-0.4, -0.2) is 34.9 Å². The number of H-pyrrole nitrogens is 1. The first-order chi connectivity index (χ1) is 6.66. The first-order valence-corrected chi connectivity index (χ1v) is 5.63. The molecule has 1 atom stereocenters. The number of nitrogens with zero attached hydrogens (tertiary/aromatic N) is 1. The van der Waals surface area contributed by atoms with Gasteiger partial charge in [0.05, 0.1) is 0 Å². The fourth-order valence-electron chi connectivity index (χ4n) is 1.63. The van der Waals surface area contributed by atoms with Crippen LogP contribution in [0.25, 0.3) is 0 Å². The van der Waals surface area contributed by atoms with Crippen molar-refractivity contribution in [2.45, 2.75) is 12.5 Å². The molecule has 0 bridgehead atoms. The van der Waals surface area contributed by atoms with Crippen LogP contribution in [0, 0.1) is 3.57 Å². The number of halogens is 2. The molecule has 0 saturated carbocycles. The second kappa shape index (κ2) is 5.18. The summed E-state index contributed by atoms with van der Waals surface area (Å²) in [7, 11) is 0. The largest absolute Gasteiger partial charge is 0.356 e. The zero-order valence-electron chi connectivity index (χ0n) is 8.07. The summed E-state index contributed by atoms with van der Waals surface area (Å²) in [6.45, 7) is 1.45. The van der Waals surface area contributed by atoms with Crippen LogP contribution in [0.2, 0.25) is 0 Å². The highest BCUT2D eigenvalue weighted by molar-refractivity contribution is 14.1. The third-order valence-corrected chi connectivity index (χ3v) is 3.01. The molecule has 1 amide bonds. The summed E-state index contributed by atoms with van der Waals surface area (Å²) in [5.41, 5.74) is 6.40. The Hall–Kier alpha value is -0.270. The highest BCUT2D eigenvalue weighted by Gasteiger charge is 2.25. The van der Waals surface area contributed by atoms with Crippen molar-refractivity contribution in [1.82, 2.24) is 9.88 Å². The minimum atomic E-state index is 0. The molecular weight excluding hydrogens is 328 g/mol. The van der Waals surface area contributed by atoms with Crippen LogP contribution >= 0.6 is 35.0 Å². The molecule has 1 aliphatic heterocycles. The second-order valence-corrected chi connectivity index (χ2v) is 4.78. The molecule has 84 valence electrons. The SMILES string of the molecule is Cl.N[C@@H]1CCN(C(=O)c2cc(I)c[nH]2)C1. The van der Waals surface area contributed by atoms with E-state index in [-0.39, 0.29) is 24.4 Å². The van der Waals surface area contributed by atoms with Crippen LogP contribution < -0.4 is 5.73 Å². The van der Waals surface area contributed by atoms with Gasteiger partial charge in [-0.2, -0.15) is 0 Å². The van der Waals surface area contributed by atoms with Gasteiger partial charge in [-0.25, -0.2) is 0 Å². The number of hydrogen-bond donors (Lipinski definition) is 2. The topological polar surface area (TPSA) is 62.1 Å². The molecule has 0 radical (unpaired) electrons. The Morgan fingerprint density at radius 1 is 1.67 bits per heavy atom.